The molecule has 6 nitrogen and oxygen atoms in total. The molecule has 0 aromatic heterocycles. The van der Waals surface area contributed by atoms with Crippen LogP contribution >= 0.6 is 0 Å². The number of rotatable bonds is 5. The molecule has 0 bridgehead atoms. The fraction of sp³-hybridized carbons (Fsp3) is 0.300. The maximum absolute atomic E-state index is 13.0. The summed E-state index contributed by atoms with van der Waals surface area (Å²) in [6.45, 7) is 2.50. The summed E-state index contributed by atoms with van der Waals surface area (Å²) >= 11 is 0. The third kappa shape index (κ3) is 3.70. The summed E-state index contributed by atoms with van der Waals surface area (Å²) in [5, 5.41) is 2.81. The summed E-state index contributed by atoms with van der Waals surface area (Å²) in [5.74, 6) is 0.508. The number of amides is 2. The molecule has 0 saturated carbocycles. The summed E-state index contributed by atoms with van der Waals surface area (Å²) in [6, 6.07) is 14.8. The molecule has 6 heteroatoms. The predicted octanol–water partition coefficient (Wildman–Crippen LogP) is 2.50. The predicted molar refractivity (Wildman–Crippen MR) is 101 cm³/mol. The van der Waals surface area contributed by atoms with E-state index in [2.05, 4.69) is 5.32 Å². The van der Waals surface area contributed by atoms with E-state index in [-0.39, 0.29) is 24.4 Å². The molecule has 0 fully saturated rings. The molecule has 0 aliphatic carbocycles. The molecule has 1 N–H and O–H groups in total. The zero-order valence-corrected chi connectivity index (χ0v) is 15.2. The molecule has 1 aliphatic heterocycles. The molecule has 1 heterocycles. The van der Waals surface area contributed by atoms with Gasteiger partial charge in [-0.15, -0.1) is 0 Å². The van der Waals surface area contributed by atoms with Crippen LogP contribution in [0, 0.1) is 0 Å². The Hall–Kier alpha value is -2.86. The van der Waals surface area contributed by atoms with Crippen molar-refractivity contribution in [3.8, 4) is 5.75 Å². The number of nitrogens with zero attached hydrogens (tertiary/aromatic N) is 2. The molecular weight excluding hydrogens is 330 g/mol. The number of hydrogen-bond acceptors (Lipinski definition) is 4. The molecule has 26 heavy (non-hydrogen) atoms. The van der Waals surface area contributed by atoms with Gasteiger partial charge in [0, 0.05) is 6.54 Å². The number of fused-ring (bicyclic) bond motifs is 1. The highest BCUT2D eigenvalue weighted by atomic mass is 16.5. The lowest BCUT2D eigenvalue weighted by Crippen LogP contribution is -2.50. The number of likely N-dealkylation sites (N-methyl/N-ethyl adjacent to an activating group) is 1. The van der Waals surface area contributed by atoms with E-state index in [0.29, 0.717) is 12.2 Å². The molecule has 0 saturated heterocycles. The Bertz CT molecular complexity index is 821. The van der Waals surface area contributed by atoms with Crippen LogP contribution in [0.5, 0.6) is 5.75 Å². The van der Waals surface area contributed by atoms with Crippen molar-refractivity contribution in [2.75, 3.05) is 30.9 Å². The molecule has 1 atom stereocenters. The van der Waals surface area contributed by atoms with Gasteiger partial charge in [-0.05, 0) is 43.8 Å². The summed E-state index contributed by atoms with van der Waals surface area (Å²) < 4.78 is 5.25. The van der Waals surface area contributed by atoms with Crippen LogP contribution in [0.3, 0.4) is 0 Å². The molecule has 0 spiro atoms. The van der Waals surface area contributed by atoms with Crippen molar-refractivity contribution < 1.29 is 14.3 Å². The average Bonchev–Trinajstić information content (AvgIpc) is 2.66. The van der Waals surface area contributed by atoms with Crippen molar-refractivity contribution >= 4 is 23.2 Å². The molecule has 2 aromatic carbocycles. The minimum atomic E-state index is -0.375. The standard InChI is InChI=1S/C20H23N3O3/c1-14(22(2)12-15-7-6-8-16(11-15)26-3)20(25)23-13-19(24)21-17-9-4-5-10-18(17)23/h4-11,14H,12-13H2,1-3H3,(H,21,24)/t14-/m1/s1. The summed E-state index contributed by atoms with van der Waals surface area (Å²) in [6.07, 6.45) is 0. The lowest BCUT2D eigenvalue weighted by molar-refractivity contribution is -0.125. The molecule has 136 valence electrons. The molecule has 0 unspecified atom stereocenters. The van der Waals surface area contributed by atoms with Crippen LogP contribution in [0.2, 0.25) is 0 Å². The minimum absolute atomic E-state index is 0.0349. The zero-order chi connectivity index (χ0) is 18.7. The first-order chi connectivity index (χ1) is 12.5. The first kappa shape index (κ1) is 17.9. The van der Waals surface area contributed by atoms with E-state index < -0.39 is 0 Å². The van der Waals surface area contributed by atoms with E-state index in [1.807, 2.05) is 61.3 Å². The van der Waals surface area contributed by atoms with Crippen LogP contribution in [-0.2, 0) is 16.1 Å². The van der Waals surface area contributed by atoms with Gasteiger partial charge in [-0.3, -0.25) is 19.4 Å². The van der Waals surface area contributed by atoms with Crippen molar-refractivity contribution in [2.24, 2.45) is 0 Å². The van der Waals surface area contributed by atoms with Crippen molar-refractivity contribution in [3.05, 3.63) is 54.1 Å². The Kier molecular flexibility index (Phi) is 5.23. The first-order valence-corrected chi connectivity index (χ1v) is 8.53. The van der Waals surface area contributed by atoms with Crippen molar-refractivity contribution in [1.82, 2.24) is 4.90 Å². The van der Waals surface area contributed by atoms with E-state index in [0.717, 1.165) is 17.0 Å². The van der Waals surface area contributed by atoms with Crippen LogP contribution in [0.15, 0.2) is 48.5 Å². The lowest BCUT2D eigenvalue weighted by Gasteiger charge is -2.33. The van der Waals surface area contributed by atoms with Gasteiger partial charge in [0.15, 0.2) is 0 Å². The normalized spacial score (nSPS) is 14.6. The molecular formula is C20H23N3O3. The number of carbonyl (C=O) groups excluding carboxylic acids is 2. The highest BCUT2D eigenvalue weighted by Crippen LogP contribution is 2.29. The third-order valence-corrected chi connectivity index (χ3v) is 4.62. The quantitative estimate of drug-likeness (QED) is 0.897. The smallest absolute Gasteiger partial charge is 0.244 e. The van der Waals surface area contributed by atoms with Crippen LogP contribution in [0.1, 0.15) is 12.5 Å². The monoisotopic (exact) mass is 353 g/mol. The number of methoxy groups -OCH3 is 1. The second-order valence-electron chi connectivity index (χ2n) is 6.43. The number of nitrogens with one attached hydrogen (secondary N) is 1. The van der Waals surface area contributed by atoms with Crippen LogP contribution in [0.25, 0.3) is 0 Å². The number of para-hydroxylation sites is 2. The topological polar surface area (TPSA) is 61.9 Å². The van der Waals surface area contributed by atoms with E-state index in [4.69, 9.17) is 4.74 Å². The molecule has 2 amide bonds. The van der Waals surface area contributed by atoms with Gasteiger partial charge in [0.1, 0.15) is 12.3 Å². The SMILES string of the molecule is COc1cccc(CN(C)[C@H](C)C(=O)N2CC(=O)Nc3ccccc32)c1. The molecule has 2 aromatic rings. The zero-order valence-electron chi connectivity index (χ0n) is 15.2. The van der Waals surface area contributed by atoms with Crippen molar-refractivity contribution in [3.63, 3.8) is 0 Å². The second-order valence-corrected chi connectivity index (χ2v) is 6.43. The Labute approximate surface area is 153 Å². The molecule has 3 rings (SSSR count). The minimum Gasteiger partial charge on any atom is -0.497 e. The van der Waals surface area contributed by atoms with Gasteiger partial charge in [0.05, 0.1) is 24.5 Å². The highest BCUT2D eigenvalue weighted by Gasteiger charge is 2.31. The number of ether oxygens (including phenoxy) is 1. The number of benzene rings is 2. The summed E-state index contributed by atoms with van der Waals surface area (Å²) in [5.41, 5.74) is 2.46. The largest absolute Gasteiger partial charge is 0.497 e. The van der Waals surface area contributed by atoms with E-state index in [1.54, 1.807) is 18.1 Å². The fourth-order valence-corrected chi connectivity index (χ4v) is 3.04. The van der Waals surface area contributed by atoms with Gasteiger partial charge in [0.2, 0.25) is 11.8 Å². The van der Waals surface area contributed by atoms with Crippen LogP contribution in [0.4, 0.5) is 11.4 Å². The third-order valence-electron chi connectivity index (χ3n) is 4.62. The summed E-state index contributed by atoms with van der Waals surface area (Å²) in [4.78, 5) is 28.5. The number of anilines is 2. The van der Waals surface area contributed by atoms with Crippen LogP contribution < -0.4 is 15.0 Å². The number of hydrogen-bond donors (Lipinski definition) is 1. The maximum atomic E-state index is 13.0. The fourth-order valence-electron chi connectivity index (χ4n) is 3.04. The van der Waals surface area contributed by atoms with Gasteiger partial charge < -0.3 is 10.1 Å². The lowest BCUT2D eigenvalue weighted by atomic mass is 10.1. The Morgan fingerprint density at radius 1 is 1.27 bits per heavy atom. The highest BCUT2D eigenvalue weighted by molar-refractivity contribution is 6.11. The maximum Gasteiger partial charge on any atom is 0.244 e. The van der Waals surface area contributed by atoms with E-state index in [1.165, 1.54) is 0 Å². The Balaban J connectivity index is 1.75. The Morgan fingerprint density at radius 2 is 2.04 bits per heavy atom. The first-order valence-electron chi connectivity index (χ1n) is 8.53. The van der Waals surface area contributed by atoms with Crippen LogP contribution in [-0.4, -0.2) is 43.5 Å². The second kappa shape index (κ2) is 7.58. The number of carbonyl (C=O) groups is 2. The summed E-state index contributed by atoms with van der Waals surface area (Å²) in [7, 11) is 3.53. The van der Waals surface area contributed by atoms with E-state index >= 15 is 0 Å². The van der Waals surface area contributed by atoms with E-state index in [9.17, 15) is 9.59 Å². The molecule has 1 aliphatic rings. The van der Waals surface area contributed by atoms with Crippen molar-refractivity contribution in [1.29, 1.82) is 0 Å². The van der Waals surface area contributed by atoms with Gasteiger partial charge in [-0.2, -0.15) is 0 Å². The molecule has 0 radical (unpaired) electrons. The van der Waals surface area contributed by atoms with Gasteiger partial charge in [0.25, 0.3) is 0 Å². The Morgan fingerprint density at radius 3 is 2.81 bits per heavy atom. The average molecular weight is 353 g/mol. The van der Waals surface area contributed by atoms with Gasteiger partial charge in [-0.1, -0.05) is 24.3 Å². The van der Waals surface area contributed by atoms with Crippen molar-refractivity contribution in [2.45, 2.75) is 19.5 Å². The van der Waals surface area contributed by atoms with Gasteiger partial charge in [-0.25, -0.2) is 0 Å². The van der Waals surface area contributed by atoms with Gasteiger partial charge >= 0.3 is 0 Å².